The monoisotopic (exact) mass is 313 g/mol. The molecule has 0 amide bonds. The minimum absolute atomic E-state index is 0.566. The van der Waals surface area contributed by atoms with Gasteiger partial charge in [0.1, 0.15) is 5.75 Å². The van der Waals surface area contributed by atoms with Crippen molar-refractivity contribution in [1.82, 2.24) is 15.2 Å². The van der Waals surface area contributed by atoms with E-state index in [0.717, 1.165) is 30.2 Å². The van der Waals surface area contributed by atoms with Crippen molar-refractivity contribution in [3.8, 4) is 5.75 Å². The molecule has 122 valence electrons. The van der Waals surface area contributed by atoms with Crippen LogP contribution in [0.2, 0.25) is 0 Å². The highest BCUT2D eigenvalue weighted by Gasteiger charge is 2.18. The van der Waals surface area contributed by atoms with E-state index in [9.17, 15) is 0 Å². The van der Waals surface area contributed by atoms with Gasteiger partial charge in [0.05, 0.1) is 13.3 Å². The summed E-state index contributed by atoms with van der Waals surface area (Å²) in [7, 11) is 1.67. The molecule has 0 spiro atoms. The number of benzene rings is 1. The minimum Gasteiger partial charge on any atom is -0.497 e. The van der Waals surface area contributed by atoms with Crippen molar-refractivity contribution in [3.05, 3.63) is 36.0 Å². The first-order chi connectivity index (χ1) is 11.2. The first kappa shape index (κ1) is 15.5. The van der Waals surface area contributed by atoms with E-state index in [-0.39, 0.29) is 0 Å². The molecule has 1 aromatic heterocycles. The second kappa shape index (κ2) is 7.26. The zero-order valence-corrected chi connectivity index (χ0v) is 13.7. The lowest BCUT2D eigenvalue weighted by molar-refractivity contribution is 0.414. The SMILES string of the molecule is COc1ccc(CNc2nncc(N3CCCC(C)C3)n2)cc1. The molecule has 2 aromatic rings. The van der Waals surface area contributed by atoms with E-state index in [0.29, 0.717) is 18.4 Å². The van der Waals surface area contributed by atoms with Crippen molar-refractivity contribution >= 4 is 11.8 Å². The second-order valence-electron chi connectivity index (χ2n) is 6.03. The van der Waals surface area contributed by atoms with E-state index < -0.39 is 0 Å². The van der Waals surface area contributed by atoms with Gasteiger partial charge < -0.3 is 15.0 Å². The molecule has 6 heteroatoms. The van der Waals surface area contributed by atoms with Crippen LogP contribution in [0.15, 0.2) is 30.5 Å². The molecule has 1 atom stereocenters. The van der Waals surface area contributed by atoms with E-state index in [1.54, 1.807) is 13.3 Å². The van der Waals surface area contributed by atoms with Crippen LogP contribution in [0.3, 0.4) is 0 Å². The van der Waals surface area contributed by atoms with Gasteiger partial charge in [0.2, 0.25) is 5.95 Å². The number of rotatable bonds is 5. The zero-order chi connectivity index (χ0) is 16.1. The van der Waals surface area contributed by atoms with Crippen LogP contribution in [0.4, 0.5) is 11.8 Å². The molecule has 1 aromatic carbocycles. The molecule has 1 saturated heterocycles. The van der Waals surface area contributed by atoms with E-state index in [1.165, 1.54) is 12.8 Å². The van der Waals surface area contributed by atoms with Crippen LogP contribution in [-0.2, 0) is 6.54 Å². The van der Waals surface area contributed by atoms with Gasteiger partial charge in [0.15, 0.2) is 5.82 Å². The fourth-order valence-electron chi connectivity index (χ4n) is 2.84. The smallest absolute Gasteiger partial charge is 0.244 e. The Kier molecular flexibility index (Phi) is 4.90. The standard InChI is InChI=1S/C17H23N5O/c1-13-4-3-9-22(12-13)16-11-19-21-17(20-16)18-10-14-5-7-15(23-2)8-6-14/h5-8,11,13H,3-4,9-10,12H2,1-2H3,(H,18,20,21). The quantitative estimate of drug-likeness (QED) is 0.916. The predicted octanol–water partition coefficient (Wildman–Crippen LogP) is 2.73. The summed E-state index contributed by atoms with van der Waals surface area (Å²) >= 11 is 0. The number of nitrogens with zero attached hydrogens (tertiary/aromatic N) is 4. The van der Waals surface area contributed by atoms with Crippen molar-refractivity contribution in [1.29, 1.82) is 0 Å². The Morgan fingerprint density at radius 3 is 2.87 bits per heavy atom. The van der Waals surface area contributed by atoms with Gasteiger partial charge in [0.25, 0.3) is 0 Å². The summed E-state index contributed by atoms with van der Waals surface area (Å²) in [6, 6.07) is 7.94. The maximum absolute atomic E-state index is 5.16. The van der Waals surface area contributed by atoms with E-state index >= 15 is 0 Å². The molecule has 1 N–H and O–H groups in total. The Hall–Kier alpha value is -2.37. The molecular weight excluding hydrogens is 290 g/mol. The van der Waals surface area contributed by atoms with Crippen LogP contribution in [-0.4, -0.2) is 35.4 Å². The number of aromatic nitrogens is 3. The van der Waals surface area contributed by atoms with Crippen LogP contribution in [0.5, 0.6) is 5.75 Å². The summed E-state index contributed by atoms with van der Waals surface area (Å²) in [5, 5.41) is 11.4. The molecule has 0 bridgehead atoms. The van der Waals surface area contributed by atoms with Crippen LogP contribution >= 0.6 is 0 Å². The molecule has 0 radical (unpaired) electrons. The van der Waals surface area contributed by atoms with Crippen LogP contribution in [0, 0.1) is 5.92 Å². The van der Waals surface area contributed by atoms with Gasteiger partial charge in [0, 0.05) is 19.6 Å². The summed E-state index contributed by atoms with van der Waals surface area (Å²) in [4.78, 5) is 6.89. The number of hydrogen-bond donors (Lipinski definition) is 1. The van der Waals surface area contributed by atoms with Gasteiger partial charge in [-0.05, 0) is 36.5 Å². The summed E-state index contributed by atoms with van der Waals surface area (Å²) in [5.41, 5.74) is 1.14. The zero-order valence-electron chi connectivity index (χ0n) is 13.7. The molecule has 6 nitrogen and oxygen atoms in total. The first-order valence-electron chi connectivity index (χ1n) is 8.06. The molecular formula is C17H23N5O. The lowest BCUT2D eigenvalue weighted by atomic mass is 10.0. The largest absolute Gasteiger partial charge is 0.497 e. The predicted molar refractivity (Wildman–Crippen MR) is 90.8 cm³/mol. The topological polar surface area (TPSA) is 63.2 Å². The number of ether oxygens (including phenoxy) is 1. The molecule has 23 heavy (non-hydrogen) atoms. The van der Waals surface area contributed by atoms with Gasteiger partial charge in [-0.3, -0.25) is 0 Å². The van der Waals surface area contributed by atoms with E-state index in [1.807, 2.05) is 24.3 Å². The molecule has 1 fully saturated rings. The van der Waals surface area contributed by atoms with Gasteiger partial charge in [-0.1, -0.05) is 19.1 Å². The van der Waals surface area contributed by atoms with Gasteiger partial charge in [-0.2, -0.15) is 10.1 Å². The normalized spacial score (nSPS) is 17.8. The molecule has 1 aliphatic rings. The summed E-state index contributed by atoms with van der Waals surface area (Å²) in [5.74, 6) is 3.03. The highest BCUT2D eigenvalue weighted by atomic mass is 16.5. The Morgan fingerprint density at radius 2 is 2.13 bits per heavy atom. The highest BCUT2D eigenvalue weighted by molar-refractivity contribution is 5.41. The minimum atomic E-state index is 0.566. The van der Waals surface area contributed by atoms with Crippen molar-refractivity contribution in [2.24, 2.45) is 5.92 Å². The molecule has 0 aliphatic carbocycles. The van der Waals surface area contributed by atoms with E-state index in [2.05, 4.69) is 32.3 Å². The summed E-state index contributed by atoms with van der Waals surface area (Å²) < 4.78 is 5.16. The Bertz CT molecular complexity index is 631. The number of piperidine rings is 1. The summed E-state index contributed by atoms with van der Waals surface area (Å²) in [6.45, 7) is 5.02. The van der Waals surface area contributed by atoms with E-state index in [4.69, 9.17) is 4.74 Å². The maximum atomic E-state index is 5.16. The Morgan fingerprint density at radius 1 is 1.30 bits per heavy atom. The van der Waals surface area contributed by atoms with Crippen molar-refractivity contribution in [2.75, 3.05) is 30.4 Å². The Balaban J connectivity index is 1.62. The number of methoxy groups -OCH3 is 1. The van der Waals surface area contributed by atoms with Crippen LogP contribution in [0.25, 0.3) is 0 Å². The molecule has 1 aliphatic heterocycles. The fraction of sp³-hybridized carbons (Fsp3) is 0.471. The number of nitrogens with one attached hydrogen (secondary N) is 1. The fourth-order valence-corrected chi connectivity index (χ4v) is 2.84. The summed E-state index contributed by atoms with van der Waals surface area (Å²) in [6.07, 6.45) is 4.24. The molecule has 3 rings (SSSR count). The third-order valence-corrected chi connectivity index (χ3v) is 4.14. The number of anilines is 2. The van der Waals surface area contributed by atoms with Gasteiger partial charge in [-0.15, -0.1) is 5.10 Å². The second-order valence-corrected chi connectivity index (χ2v) is 6.03. The average Bonchev–Trinajstić information content (AvgIpc) is 2.61. The van der Waals surface area contributed by atoms with Crippen molar-refractivity contribution < 1.29 is 4.74 Å². The van der Waals surface area contributed by atoms with Crippen molar-refractivity contribution in [2.45, 2.75) is 26.3 Å². The number of hydrogen-bond acceptors (Lipinski definition) is 6. The molecule has 1 unspecified atom stereocenters. The Labute approximate surface area is 136 Å². The lowest BCUT2D eigenvalue weighted by Gasteiger charge is -2.31. The van der Waals surface area contributed by atoms with Gasteiger partial charge in [-0.25, -0.2) is 0 Å². The molecule has 2 heterocycles. The maximum Gasteiger partial charge on any atom is 0.244 e. The first-order valence-corrected chi connectivity index (χ1v) is 8.06. The molecule has 0 saturated carbocycles. The van der Waals surface area contributed by atoms with Crippen LogP contribution < -0.4 is 15.0 Å². The van der Waals surface area contributed by atoms with Crippen molar-refractivity contribution in [3.63, 3.8) is 0 Å². The van der Waals surface area contributed by atoms with Gasteiger partial charge >= 0.3 is 0 Å². The average molecular weight is 313 g/mol. The van der Waals surface area contributed by atoms with Crippen LogP contribution in [0.1, 0.15) is 25.3 Å². The third kappa shape index (κ3) is 4.09. The third-order valence-electron chi connectivity index (χ3n) is 4.14. The lowest BCUT2D eigenvalue weighted by Crippen LogP contribution is -2.35. The highest BCUT2D eigenvalue weighted by Crippen LogP contribution is 2.21.